The van der Waals surface area contributed by atoms with Crippen LogP contribution in [0.4, 0.5) is 33.0 Å². The van der Waals surface area contributed by atoms with Crippen LogP contribution in [0.15, 0.2) is 46.5 Å². The SMILES string of the molecule is CC(C)(C)OC(=O)N1CCC(C(F)(F)S(=O)(=O)c2cccnc2Cl)CC1.CC(C)(C)OC(=O)N1CCC(C(F)(F)S(=O)(=O)c2cccnc2N)CC1. The van der Waals surface area contributed by atoms with Crippen molar-refractivity contribution in [3.05, 3.63) is 41.8 Å². The summed E-state index contributed by atoms with van der Waals surface area (Å²) in [6, 6.07) is 4.50. The van der Waals surface area contributed by atoms with Gasteiger partial charge in [-0.2, -0.15) is 17.6 Å². The number of carbonyl (C=O) groups excluding carboxylic acids is 2. The Balaban J connectivity index is 0.000000280. The molecule has 20 heteroatoms. The highest BCUT2D eigenvalue weighted by atomic mass is 35.5. The Labute approximate surface area is 306 Å². The van der Waals surface area contributed by atoms with Crippen molar-refractivity contribution in [1.29, 1.82) is 0 Å². The molecule has 292 valence electrons. The molecule has 0 saturated carbocycles. The maximum atomic E-state index is 14.7. The number of anilines is 1. The van der Waals surface area contributed by atoms with Crippen LogP contribution in [0.25, 0.3) is 0 Å². The standard InChI is InChI=1S/C16H21ClF2N2O4S.C16H23F2N3O4S/c1-15(2,3)25-14(22)21-9-6-11(7-10-21)16(18,19)26(23,24)12-5-4-8-20-13(12)17;1-15(2,3)25-14(22)21-9-6-11(7-10-21)16(17,18)26(23,24)12-5-4-8-20-13(12)19/h4-5,8,11H,6-7,9-10H2,1-3H3;4-5,8,11H,6-7,9-10H2,1-3H3,(H2,19,20). The first kappa shape index (κ1) is 43.0. The number of piperidine rings is 2. The second kappa shape index (κ2) is 15.9. The summed E-state index contributed by atoms with van der Waals surface area (Å²) in [6.45, 7) is 10.2. The molecule has 52 heavy (non-hydrogen) atoms. The number of ether oxygens (including phenoxy) is 2. The van der Waals surface area contributed by atoms with Crippen LogP contribution in [-0.2, 0) is 29.1 Å². The van der Waals surface area contributed by atoms with Crippen LogP contribution in [0, 0.1) is 11.8 Å². The van der Waals surface area contributed by atoms with E-state index in [1.165, 1.54) is 34.3 Å². The van der Waals surface area contributed by atoms with Gasteiger partial charge in [0.2, 0.25) is 19.7 Å². The predicted molar refractivity (Wildman–Crippen MR) is 183 cm³/mol. The third-order valence-electron chi connectivity index (χ3n) is 8.06. The maximum absolute atomic E-state index is 14.7. The number of aromatic nitrogens is 2. The molecule has 0 bridgehead atoms. The van der Waals surface area contributed by atoms with Gasteiger partial charge in [0, 0.05) is 50.4 Å². The third-order valence-corrected chi connectivity index (χ3v) is 12.4. The molecule has 0 atom stereocenters. The lowest BCUT2D eigenvalue weighted by Gasteiger charge is -2.36. The van der Waals surface area contributed by atoms with Crippen LogP contribution in [0.1, 0.15) is 67.2 Å². The summed E-state index contributed by atoms with van der Waals surface area (Å²) < 4.78 is 119. The zero-order valence-electron chi connectivity index (χ0n) is 29.6. The zero-order valence-corrected chi connectivity index (χ0v) is 32.0. The number of halogens is 5. The molecule has 0 aromatic carbocycles. The molecule has 4 rings (SSSR count). The minimum atomic E-state index is -5.00. The molecule has 2 aliphatic rings. The van der Waals surface area contributed by atoms with Gasteiger partial charge in [-0.05, 0) is 91.5 Å². The van der Waals surface area contributed by atoms with Crippen LogP contribution in [0.2, 0.25) is 5.15 Å². The second-order valence-electron chi connectivity index (χ2n) is 14.3. The van der Waals surface area contributed by atoms with Crippen molar-refractivity contribution in [3.8, 4) is 0 Å². The van der Waals surface area contributed by atoms with Crippen molar-refractivity contribution in [1.82, 2.24) is 19.8 Å². The minimum Gasteiger partial charge on any atom is -0.444 e. The molecule has 2 amide bonds. The number of pyridine rings is 2. The molecule has 2 aromatic heterocycles. The summed E-state index contributed by atoms with van der Waals surface area (Å²) in [5.74, 6) is -3.31. The Morgan fingerprint density at radius 3 is 1.40 bits per heavy atom. The fourth-order valence-electron chi connectivity index (χ4n) is 5.38. The maximum Gasteiger partial charge on any atom is 0.410 e. The van der Waals surface area contributed by atoms with Crippen molar-refractivity contribution >= 4 is 49.3 Å². The highest BCUT2D eigenvalue weighted by Crippen LogP contribution is 2.43. The van der Waals surface area contributed by atoms with Gasteiger partial charge in [0.05, 0.1) is 0 Å². The van der Waals surface area contributed by atoms with Crippen LogP contribution < -0.4 is 5.73 Å². The van der Waals surface area contributed by atoms with Crippen LogP contribution in [0.3, 0.4) is 0 Å². The quantitative estimate of drug-likeness (QED) is 0.252. The number of nitrogens with two attached hydrogens (primary N) is 1. The molecule has 0 spiro atoms. The van der Waals surface area contributed by atoms with Gasteiger partial charge in [0.15, 0.2) is 0 Å². The number of nitrogen functional groups attached to an aromatic ring is 1. The highest BCUT2D eigenvalue weighted by Gasteiger charge is 2.55. The van der Waals surface area contributed by atoms with Crippen LogP contribution in [-0.4, -0.2) is 96.7 Å². The third kappa shape index (κ3) is 9.94. The highest BCUT2D eigenvalue weighted by molar-refractivity contribution is 7.93. The Bertz CT molecular complexity index is 1680. The summed E-state index contributed by atoms with van der Waals surface area (Å²) in [7, 11) is -9.99. The summed E-state index contributed by atoms with van der Waals surface area (Å²) in [4.78, 5) is 32.4. The van der Waals surface area contributed by atoms with Gasteiger partial charge < -0.3 is 25.0 Å². The van der Waals surface area contributed by atoms with Gasteiger partial charge in [0.1, 0.15) is 32.0 Å². The number of nitrogens with zero attached hydrogens (tertiary/aromatic N) is 4. The van der Waals surface area contributed by atoms with Gasteiger partial charge in [-0.3, -0.25) is 0 Å². The summed E-state index contributed by atoms with van der Waals surface area (Å²) in [5, 5.41) is -8.51. The molecule has 0 radical (unpaired) electrons. The van der Waals surface area contributed by atoms with Crippen molar-refractivity contribution in [2.75, 3.05) is 31.9 Å². The lowest BCUT2D eigenvalue weighted by atomic mass is 9.97. The van der Waals surface area contributed by atoms with E-state index in [1.54, 1.807) is 41.5 Å². The van der Waals surface area contributed by atoms with E-state index < -0.39 is 86.2 Å². The number of alkyl halides is 4. The zero-order chi connectivity index (χ0) is 39.5. The molecule has 2 aromatic rings. The molecule has 0 aliphatic carbocycles. The lowest BCUT2D eigenvalue weighted by Crippen LogP contribution is -2.47. The molecular weight excluding hydrogens is 758 g/mol. The van der Waals surface area contributed by atoms with Crippen molar-refractivity contribution in [2.45, 2.75) is 98.7 Å². The Morgan fingerprint density at radius 2 is 1.06 bits per heavy atom. The van der Waals surface area contributed by atoms with Crippen molar-refractivity contribution in [2.24, 2.45) is 11.8 Å². The van der Waals surface area contributed by atoms with E-state index in [-0.39, 0.29) is 51.9 Å². The molecule has 4 heterocycles. The van der Waals surface area contributed by atoms with E-state index in [4.69, 9.17) is 26.8 Å². The van der Waals surface area contributed by atoms with Gasteiger partial charge >= 0.3 is 22.7 Å². The number of hydrogen-bond acceptors (Lipinski definition) is 11. The molecule has 13 nitrogen and oxygen atoms in total. The van der Waals surface area contributed by atoms with Crippen LogP contribution >= 0.6 is 11.6 Å². The minimum absolute atomic E-state index is 0.00673. The second-order valence-corrected chi connectivity index (χ2v) is 18.6. The number of likely N-dealkylation sites (tertiary alicyclic amines) is 2. The van der Waals surface area contributed by atoms with Crippen molar-refractivity contribution in [3.63, 3.8) is 0 Å². The van der Waals surface area contributed by atoms with E-state index in [0.29, 0.717) is 0 Å². The van der Waals surface area contributed by atoms with E-state index >= 15 is 0 Å². The molecule has 2 N–H and O–H groups in total. The van der Waals surface area contributed by atoms with E-state index in [2.05, 4.69) is 9.97 Å². The Morgan fingerprint density at radius 1 is 0.712 bits per heavy atom. The molecule has 2 aliphatic heterocycles. The lowest BCUT2D eigenvalue weighted by molar-refractivity contribution is -0.0178. The first-order valence-electron chi connectivity index (χ1n) is 16.2. The number of carbonyl (C=O) groups is 2. The predicted octanol–water partition coefficient (Wildman–Crippen LogP) is 6.43. The number of amides is 2. The average Bonchev–Trinajstić information content (AvgIpc) is 3.03. The van der Waals surface area contributed by atoms with Crippen molar-refractivity contribution < 1.29 is 53.5 Å². The summed E-state index contributed by atoms with van der Waals surface area (Å²) in [5.41, 5.74) is 4.07. The topological polar surface area (TPSA) is 179 Å². The first-order chi connectivity index (χ1) is 23.7. The molecule has 0 unspecified atom stereocenters. The van der Waals surface area contributed by atoms with E-state index in [9.17, 15) is 44.0 Å². The number of hydrogen-bond donors (Lipinski definition) is 1. The van der Waals surface area contributed by atoms with Gasteiger partial charge in [-0.25, -0.2) is 36.4 Å². The molecule has 2 fully saturated rings. The Hall–Kier alpha value is -3.45. The fraction of sp³-hybridized carbons (Fsp3) is 0.625. The number of rotatable bonds is 6. The summed E-state index contributed by atoms with van der Waals surface area (Å²) >= 11 is 5.69. The fourth-order valence-corrected chi connectivity index (χ4v) is 8.86. The van der Waals surface area contributed by atoms with E-state index in [1.807, 2.05) is 0 Å². The molecular formula is C32H44ClF4N5O8S2. The van der Waals surface area contributed by atoms with Crippen LogP contribution in [0.5, 0.6) is 0 Å². The monoisotopic (exact) mass is 801 g/mol. The largest absolute Gasteiger partial charge is 0.444 e. The van der Waals surface area contributed by atoms with E-state index in [0.717, 1.165) is 12.1 Å². The normalized spacial score (nSPS) is 17.2. The average molecular weight is 802 g/mol. The molecule has 2 saturated heterocycles. The van der Waals surface area contributed by atoms with Gasteiger partial charge in [-0.15, -0.1) is 0 Å². The smallest absolute Gasteiger partial charge is 0.410 e. The number of sulfone groups is 2. The van der Waals surface area contributed by atoms with Gasteiger partial charge in [0.25, 0.3) is 0 Å². The Kier molecular flexibility index (Phi) is 13.1. The van der Waals surface area contributed by atoms with Gasteiger partial charge in [-0.1, -0.05) is 11.6 Å². The summed E-state index contributed by atoms with van der Waals surface area (Å²) in [6.07, 6.45) is 0.602. The first-order valence-corrected chi connectivity index (χ1v) is 19.6.